The van der Waals surface area contributed by atoms with Gasteiger partial charge in [-0.15, -0.1) is 0 Å². The number of morpholine rings is 1. The van der Waals surface area contributed by atoms with Crippen LogP contribution in [-0.2, 0) is 29.1 Å². The number of esters is 1. The third-order valence-electron chi connectivity index (χ3n) is 3.79. The standard InChI is InChI=1S/C18H24N2O6S/c1-14-11-20(12-15(2)26-14)17(21)13-25-18(22)10-19-27(23,24)9-8-16-6-4-3-5-7-16/h3-9,14-15,19H,10-13H2,1-2H3. The predicted octanol–water partition coefficient (Wildman–Crippen LogP) is 0.756. The number of ether oxygens (including phenoxy) is 2. The maximum absolute atomic E-state index is 12.1. The molecule has 2 atom stereocenters. The molecule has 9 heteroatoms. The lowest BCUT2D eigenvalue weighted by Crippen LogP contribution is -2.49. The molecule has 0 saturated carbocycles. The SMILES string of the molecule is CC1CN(C(=O)COC(=O)CNS(=O)(=O)C=Cc2ccccc2)CC(C)O1. The number of carbonyl (C=O) groups is 2. The van der Waals surface area contributed by atoms with Gasteiger partial charge < -0.3 is 14.4 Å². The highest BCUT2D eigenvalue weighted by Crippen LogP contribution is 2.10. The monoisotopic (exact) mass is 396 g/mol. The van der Waals surface area contributed by atoms with Crippen molar-refractivity contribution >= 4 is 28.0 Å². The quantitative estimate of drug-likeness (QED) is 0.683. The fourth-order valence-electron chi connectivity index (χ4n) is 2.61. The van der Waals surface area contributed by atoms with Gasteiger partial charge in [-0.05, 0) is 25.5 Å². The first-order valence-corrected chi connectivity index (χ1v) is 10.1. The van der Waals surface area contributed by atoms with E-state index >= 15 is 0 Å². The number of hydrogen-bond acceptors (Lipinski definition) is 6. The second kappa shape index (κ2) is 9.63. The number of hydrogen-bond donors (Lipinski definition) is 1. The molecule has 8 nitrogen and oxygen atoms in total. The number of nitrogens with one attached hydrogen (secondary N) is 1. The molecule has 2 rings (SSSR count). The van der Waals surface area contributed by atoms with E-state index in [-0.39, 0.29) is 18.1 Å². The average Bonchev–Trinajstić information content (AvgIpc) is 2.63. The normalized spacial score (nSPS) is 20.6. The van der Waals surface area contributed by atoms with Crippen molar-refractivity contribution in [3.05, 3.63) is 41.3 Å². The van der Waals surface area contributed by atoms with Gasteiger partial charge >= 0.3 is 5.97 Å². The first-order valence-electron chi connectivity index (χ1n) is 8.57. The zero-order chi connectivity index (χ0) is 19.9. The van der Waals surface area contributed by atoms with Crippen molar-refractivity contribution in [2.24, 2.45) is 0 Å². The van der Waals surface area contributed by atoms with Gasteiger partial charge in [-0.3, -0.25) is 9.59 Å². The lowest BCUT2D eigenvalue weighted by atomic mass is 10.2. The van der Waals surface area contributed by atoms with Gasteiger partial charge in [0.2, 0.25) is 10.0 Å². The summed E-state index contributed by atoms with van der Waals surface area (Å²) in [7, 11) is -3.79. The predicted molar refractivity (Wildman–Crippen MR) is 99.9 cm³/mol. The highest BCUT2D eigenvalue weighted by atomic mass is 32.2. The van der Waals surface area contributed by atoms with Gasteiger partial charge in [0.25, 0.3) is 5.91 Å². The molecule has 1 saturated heterocycles. The Morgan fingerprint density at radius 1 is 1.22 bits per heavy atom. The number of nitrogens with zero attached hydrogens (tertiary/aromatic N) is 1. The van der Waals surface area contributed by atoms with Crippen molar-refractivity contribution in [2.75, 3.05) is 26.2 Å². The maximum atomic E-state index is 12.1. The van der Waals surface area contributed by atoms with Crippen LogP contribution in [0.25, 0.3) is 6.08 Å². The van der Waals surface area contributed by atoms with Gasteiger partial charge in [0, 0.05) is 18.5 Å². The largest absolute Gasteiger partial charge is 0.455 e. The molecule has 1 aromatic rings. The van der Waals surface area contributed by atoms with Crippen LogP contribution in [0.1, 0.15) is 19.4 Å². The molecule has 1 fully saturated rings. The zero-order valence-corrected chi connectivity index (χ0v) is 16.1. The van der Waals surface area contributed by atoms with Crippen LogP contribution in [0.2, 0.25) is 0 Å². The second-order valence-electron chi connectivity index (χ2n) is 6.30. The van der Waals surface area contributed by atoms with Gasteiger partial charge in [0.05, 0.1) is 12.2 Å². The van der Waals surface area contributed by atoms with Gasteiger partial charge in [-0.2, -0.15) is 0 Å². The Hall–Kier alpha value is -2.23. The number of amides is 1. The molecule has 0 radical (unpaired) electrons. The lowest BCUT2D eigenvalue weighted by Gasteiger charge is -2.35. The van der Waals surface area contributed by atoms with Gasteiger partial charge in [-0.25, -0.2) is 13.1 Å². The van der Waals surface area contributed by atoms with Crippen molar-refractivity contribution < 1.29 is 27.5 Å². The molecule has 0 aromatic heterocycles. The van der Waals surface area contributed by atoms with Crippen LogP contribution in [0.4, 0.5) is 0 Å². The molecule has 1 aliphatic rings. The summed E-state index contributed by atoms with van der Waals surface area (Å²) in [5.74, 6) is -1.16. The van der Waals surface area contributed by atoms with Gasteiger partial charge in [0.15, 0.2) is 6.61 Å². The molecule has 1 N–H and O–H groups in total. The average molecular weight is 396 g/mol. The molecule has 1 aromatic carbocycles. The van der Waals surface area contributed by atoms with E-state index in [1.54, 1.807) is 29.2 Å². The summed E-state index contributed by atoms with van der Waals surface area (Å²) in [4.78, 5) is 25.4. The Morgan fingerprint density at radius 2 is 1.85 bits per heavy atom. The Morgan fingerprint density at radius 3 is 2.48 bits per heavy atom. The fraction of sp³-hybridized carbons (Fsp3) is 0.444. The van der Waals surface area contributed by atoms with E-state index < -0.39 is 29.1 Å². The molecule has 0 aliphatic carbocycles. The van der Waals surface area contributed by atoms with Crippen LogP contribution in [0.15, 0.2) is 35.7 Å². The molecule has 0 spiro atoms. The van der Waals surface area contributed by atoms with Crippen LogP contribution < -0.4 is 4.72 Å². The number of benzene rings is 1. The molecule has 27 heavy (non-hydrogen) atoms. The van der Waals surface area contributed by atoms with Crippen molar-refractivity contribution in [3.63, 3.8) is 0 Å². The highest BCUT2D eigenvalue weighted by Gasteiger charge is 2.26. The summed E-state index contributed by atoms with van der Waals surface area (Å²) in [6.45, 7) is 3.60. The van der Waals surface area contributed by atoms with E-state index in [4.69, 9.17) is 9.47 Å². The molecule has 1 amide bonds. The molecule has 1 heterocycles. The smallest absolute Gasteiger partial charge is 0.321 e. The van der Waals surface area contributed by atoms with E-state index in [1.165, 1.54) is 6.08 Å². The third kappa shape index (κ3) is 7.49. The first kappa shape index (κ1) is 21.1. The molecule has 1 aliphatic heterocycles. The van der Waals surface area contributed by atoms with Crippen LogP contribution in [0.5, 0.6) is 0 Å². The van der Waals surface area contributed by atoms with Crippen molar-refractivity contribution in [1.82, 2.24) is 9.62 Å². The molecule has 148 valence electrons. The number of sulfonamides is 1. The summed E-state index contributed by atoms with van der Waals surface area (Å²) < 4.78 is 36.3. The third-order valence-corrected chi connectivity index (χ3v) is 4.83. The number of rotatable bonds is 7. The van der Waals surface area contributed by atoms with Gasteiger partial charge in [-0.1, -0.05) is 30.3 Å². The van der Waals surface area contributed by atoms with E-state index in [0.717, 1.165) is 5.41 Å². The Balaban J connectivity index is 1.75. The van der Waals surface area contributed by atoms with E-state index in [1.807, 2.05) is 19.9 Å². The minimum Gasteiger partial charge on any atom is -0.455 e. The van der Waals surface area contributed by atoms with Gasteiger partial charge in [0.1, 0.15) is 6.54 Å². The molecule has 0 bridgehead atoms. The van der Waals surface area contributed by atoms with Crippen molar-refractivity contribution in [2.45, 2.75) is 26.1 Å². The summed E-state index contributed by atoms with van der Waals surface area (Å²) in [5, 5.41) is 0.970. The number of carbonyl (C=O) groups excluding carboxylic acids is 2. The topological polar surface area (TPSA) is 102 Å². The summed E-state index contributed by atoms with van der Waals surface area (Å²) in [5.41, 5.74) is 0.713. The highest BCUT2D eigenvalue weighted by molar-refractivity contribution is 7.92. The van der Waals surface area contributed by atoms with Crippen LogP contribution in [0, 0.1) is 0 Å². The Labute approximate surface area is 159 Å². The van der Waals surface area contributed by atoms with Crippen LogP contribution in [0.3, 0.4) is 0 Å². The van der Waals surface area contributed by atoms with Crippen LogP contribution in [-0.4, -0.2) is 63.6 Å². The van der Waals surface area contributed by atoms with E-state index in [9.17, 15) is 18.0 Å². The summed E-state index contributed by atoms with van der Waals surface area (Å²) >= 11 is 0. The second-order valence-corrected chi connectivity index (χ2v) is 7.95. The Kier molecular flexibility index (Phi) is 7.52. The van der Waals surface area contributed by atoms with Crippen molar-refractivity contribution in [1.29, 1.82) is 0 Å². The first-order chi connectivity index (χ1) is 12.7. The molecule has 2 unspecified atom stereocenters. The van der Waals surface area contributed by atoms with E-state index in [2.05, 4.69) is 4.72 Å². The van der Waals surface area contributed by atoms with E-state index in [0.29, 0.717) is 18.7 Å². The Bertz CT molecular complexity index is 768. The van der Waals surface area contributed by atoms with Crippen molar-refractivity contribution in [3.8, 4) is 0 Å². The summed E-state index contributed by atoms with van der Waals surface area (Å²) in [6, 6.07) is 8.88. The minimum absolute atomic E-state index is 0.0865. The molecular weight excluding hydrogens is 372 g/mol. The zero-order valence-electron chi connectivity index (χ0n) is 15.3. The maximum Gasteiger partial charge on any atom is 0.321 e. The fourth-order valence-corrected chi connectivity index (χ4v) is 3.36. The summed E-state index contributed by atoms with van der Waals surface area (Å²) in [6.07, 6.45) is 1.24. The minimum atomic E-state index is -3.79. The molecular formula is C18H24N2O6S. The van der Waals surface area contributed by atoms with Crippen LogP contribution >= 0.6 is 0 Å². The lowest BCUT2D eigenvalue weighted by molar-refractivity contribution is -0.156.